The summed E-state index contributed by atoms with van der Waals surface area (Å²) in [7, 11) is 0. The van der Waals surface area contributed by atoms with Crippen LogP contribution in [0, 0.1) is 5.82 Å². The fourth-order valence-electron chi connectivity index (χ4n) is 4.94. The van der Waals surface area contributed by atoms with Gasteiger partial charge in [-0.1, -0.05) is 0 Å². The number of aromatic nitrogens is 4. The Labute approximate surface area is 186 Å². The molecule has 2 N–H and O–H groups in total. The highest BCUT2D eigenvalue weighted by molar-refractivity contribution is 5.79. The molecule has 10 nitrogen and oxygen atoms in total. The van der Waals surface area contributed by atoms with Crippen LogP contribution in [0.4, 0.5) is 20.8 Å². The van der Waals surface area contributed by atoms with Crippen LogP contribution in [0.15, 0.2) is 6.20 Å². The van der Waals surface area contributed by atoms with Gasteiger partial charge >= 0.3 is 12.0 Å². The van der Waals surface area contributed by atoms with Gasteiger partial charge in [-0.05, 0) is 40.2 Å². The van der Waals surface area contributed by atoms with Crippen LogP contribution in [-0.2, 0) is 12.1 Å². The summed E-state index contributed by atoms with van der Waals surface area (Å²) in [6, 6.07) is 0.361. The lowest BCUT2D eigenvalue weighted by molar-refractivity contribution is 0.116. The topological polar surface area (TPSA) is 100 Å². The van der Waals surface area contributed by atoms with E-state index in [1.54, 1.807) is 6.92 Å². The smallest absolute Gasteiger partial charge is 0.345 e. The van der Waals surface area contributed by atoms with Gasteiger partial charge in [-0.3, -0.25) is 4.90 Å². The first-order valence-corrected chi connectivity index (χ1v) is 11.2. The lowest BCUT2D eigenvalue weighted by atomic mass is 10.0. The van der Waals surface area contributed by atoms with Gasteiger partial charge in [-0.2, -0.15) is 9.67 Å². The van der Waals surface area contributed by atoms with E-state index in [1.807, 2.05) is 18.7 Å². The fraction of sp³-hybridized carbons (Fsp3) is 0.619. The molecule has 2 fully saturated rings. The Bertz CT molecular complexity index is 1040. The molecule has 3 aliphatic rings. The monoisotopic (exact) mass is 444 g/mol. The summed E-state index contributed by atoms with van der Waals surface area (Å²) >= 11 is 0. The lowest BCUT2D eigenvalue weighted by Gasteiger charge is -2.37. The average Bonchev–Trinajstić information content (AvgIpc) is 3.46. The van der Waals surface area contributed by atoms with Crippen LogP contribution in [0.2, 0.25) is 0 Å². The first-order valence-electron chi connectivity index (χ1n) is 11.2. The van der Waals surface area contributed by atoms with Gasteiger partial charge in [0, 0.05) is 37.8 Å². The SMILES string of the molecule is CCOc1ncc(F)c(Nc2nn(C(=O)N3CCN4CCC[C@@H]4C3)c3c2CNC3(C)C)n1. The summed E-state index contributed by atoms with van der Waals surface area (Å²) in [6.45, 7) is 10.1. The van der Waals surface area contributed by atoms with Gasteiger partial charge < -0.3 is 20.3 Å². The Hall–Kier alpha value is -2.79. The summed E-state index contributed by atoms with van der Waals surface area (Å²) in [4.78, 5) is 25.8. The molecule has 1 atom stereocenters. The lowest BCUT2D eigenvalue weighted by Crippen LogP contribution is -2.53. The molecule has 2 saturated heterocycles. The van der Waals surface area contributed by atoms with E-state index >= 15 is 0 Å². The Morgan fingerprint density at radius 3 is 3.00 bits per heavy atom. The molecule has 5 rings (SSSR count). The summed E-state index contributed by atoms with van der Waals surface area (Å²) in [5, 5.41) is 11.0. The van der Waals surface area contributed by atoms with Gasteiger partial charge in [0.25, 0.3) is 0 Å². The molecule has 2 aromatic heterocycles. The summed E-state index contributed by atoms with van der Waals surface area (Å²) in [5.74, 6) is -0.246. The number of ether oxygens (including phenoxy) is 1. The van der Waals surface area contributed by atoms with Crippen LogP contribution in [0.1, 0.15) is 44.9 Å². The third-order valence-electron chi connectivity index (χ3n) is 6.55. The van der Waals surface area contributed by atoms with Gasteiger partial charge in [-0.25, -0.2) is 14.2 Å². The molecule has 0 unspecified atom stereocenters. The molecule has 172 valence electrons. The molecule has 0 saturated carbocycles. The summed E-state index contributed by atoms with van der Waals surface area (Å²) in [5.41, 5.74) is 1.17. The minimum atomic E-state index is -0.620. The molecule has 11 heteroatoms. The molecule has 5 heterocycles. The molecular formula is C21H29FN8O2. The second-order valence-corrected chi connectivity index (χ2v) is 9.03. The zero-order chi connectivity index (χ0) is 22.5. The number of halogens is 1. The number of carbonyl (C=O) groups is 1. The number of nitrogens with one attached hydrogen (secondary N) is 2. The minimum absolute atomic E-state index is 0.0346. The average molecular weight is 445 g/mol. The van der Waals surface area contributed by atoms with E-state index in [1.165, 1.54) is 11.1 Å². The number of rotatable bonds is 4. The van der Waals surface area contributed by atoms with Crippen molar-refractivity contribution in [2.24, 2.45) is 0 Å². The number of carbonyl (C=O) groups excluding carboxylic acids is 1. The van der Waals surface area contributed by atoms with E-state index in [0.717, 1.165) is 37.0 Å². The second kappa shape index (κ2) is 7.96. The standard InChI is InChI=1S/C21H29FN8O2/c1-4-32-19-23-11-15(22)18(26-19)25-17-14-10-24-21(2,3)16(14)30(27-17)20(31)29-9-8-28-7-5-6-13(28)12-29/h11,13,24H,4-10,12H2,1-3H3,(H,23,25,26,27)/t13-/m1/s1. The maximum absolute atomic E-state index is 14.4. The van der Waals surface area contributed by atoms with Gasteiger partial charge in [0.2, 0.25) is 0 Å². The van der Waals surface area contributed by atoms with Crippen LogP contribution in [0.3, 0.4) is 0 Å². The number of hydrogen-bond acceptors (Lipinski definition) is 8. The number of fused-ring (bicyclic) bond motifs is 2. The molecule has 0 radical (unpaired) electrons. The molecule has 0 aromatic carbocycles. The third kappa shape index (κ3) is 3.58. The van der Waals surface area contributed by atoms with E-state index < -0.39 is 11.4 Å². The first-order chi connectivity index (χ1) is 15.4. The molecule has 0 spiro atoms. The van der Waals surface area contributed by atoms with Crippen molar-refractivity contribution in [1.82, 2.24) is 34.9 Å². The normalized spacial score (nSPS) is 22.0. The molecule has 1 amide bonds. The zero-order valence-electron chi connectivity index (χ0n) is 18.7. The van der Waals surface area contributed by atoms with Crippen LogP contribution >= 0.6 is 0 Å². The van der Waals surface area contributed by atoms with Gasteiger partial charge in [0.1, 0.15) is 0 Å². The molecule has 0 bridgehead atoms. The predicted molar refractivity (Wildman–Crippen MR) is 115 cm³/mol. The van der Waals surface area contributed by atoms with Gasteiger partial charge in [-0.15, -0.1) is 5.10 Å². The second-order valence-electron chi connectivity index (χ2n) is 9.03. The van der Waals surface area contributed by atoms with Crippen molar-refractivity contribution < 1.29 is 13.9 Å². The highest BCUT2D eigenvalue weighted by Crippen LogP contribution is 2.36. The van der Waals surface area contributed by atoms with Crippen molar-refractivity contribution in [3.8, 4) is 6.01 Å². The van der Waals surface area contributed by atoms with Crippen LogP contribution in [0.5, 0.6) is 6.01 Å². The van der Waals surface area contributed by atoms with E-state index in [9.17, 15) is 9.18 Å². The van der Waals surface area contributed by atoms with Crippen LogP contribution in [0.25, 0.3) is 0 Å². The maximum atomic E-state index is 14.4. The van der Waals surface area contributed by atoms with Gasteiger partial charge in [0.05, 0.1) is 24.0 Å². The Morgan fingerprint density at radius 1 is 1.34 bits per heavy atom. The highest BCUT2D eigenvalue weighted by atomic mass is 19.1. The highest BCUT2D eigenvalue weighted by Gasteiger charge is 2.41. The number of piperazine rings is 1. The molecule has 32 heavy (non-hydrogen) atoms. The van der Waals surface area contributed by atoms with Crippen molar-refractivity contribution in [2.45, 2.75) is 51.7 Å². The van der Waals surface area contributed by atoms with E-state index in [2.05, 4.69) is 30.6 Å². The number of amides is 1. The van der Waals surface area contributed by atoms with Crippen molar-refractivity contribution in [3.63, 3.8) is 0 Å². The largest absolute Gasteiger partial charge is 0.464 e. The number of nitrogens with zero attached hydrogens (tertiary/aromatic N) is 6. The molecule has 2 aromatic rings. The molecular weight excluding hydrogens is 415 g/mol. The maximum Gasteiger partial charge on any atom is 0.345 e. The van der Waals surface area contributed by atoms with E-state index in [0.29, 0.717) is 38.1 Å². The van der Waals surface area contributed by atoms with Crippen LogP contribution in [-0.4, -0.2) is 74.4 Å². The minimum Gasteiger partial charge on any atom is -0.464 e. The number of hydrogen-bond donors (Lipinski definition) is 2. The van der Waals surface area contributed by atoms with Gasteiger partial charge in [0.15, 0.2) is 17.5 Å². The quantitative estimate of drug-likeness (QED) is 0.739. The van der Waals surface area contributed by atoms with Crippen molar-refractivity contribution in [2.75, 3.05) is 38.1 Å². The van der Waals surface area contributed by atoms with Crippen LogP contribution < -0.4 is 15.4 Å². The fourth-order valence-corrected chi connectivity index (χ4v) is 4.94. The zero-order valence-corrected chi connectivity index (χ0v) is 18.7. The first kappa shape index (κ1) is 21.1. The molecule has 0 aliphatic carbocycles. The molecule has 3 aliphatic heterocycles. The third-order valence-corrected chi connectivity index (χ3v) is 6.55. The van der Waals surface area contributed by atoms with Crippen molar-refractivity contribution >= 4 is 17.7 Å². The number of anilines is 2. The van der Waals surface area contributed by atoms with E-state index in [-0.39, 0.29) is 17.9 Å². The Morgan fingerprint density at radius 2 is 2.19 bits per heavy atom. The Kier molecular flexibility index (Phi) is 5.25. The Balaban J connectivity index is 1.47. The summed E-state index contributed by atoms with van der Waals surface area (Å²) in [6.07, 6.45) is 3.37. The van der Waals surface area contributed by atoms with Crippen molar-refractivity contribution in [1.29, 1.82) is 0 Å². The predicted octanol–water partition coefficient (Wildman–Crippen LogP) is 2.04. The van der Waals surface area contributed by atoms with Crippen molar-refractivity contribution in [3.05, 3.63) is 23.3 Å². The van der Waals surface area contributed by atoms with E-state index in [4.69, 9.17) is 4.74 Å². The summed E-state index contributed by atoms with van der Waals surface area (Å²) < 4.78 is 21.2.